The number of likely N-dealkylation sites (tertiary alicyclic amines) is 1. The number of nitrogens with zero attached hydrogens (tertiary/aromatic N) is 3. The maximum Gasteiger partial charge on any atom is 0.230 e. The molecule has 1 aliphatic rings. The van der Waals surface area contributed by atoms with Gasteiger partial charge in [-0.1, -0.05) is 0 Å². The van der Waals surface area contributed by atoms with Crippen molar-refractivity contribution in [1.82, 2.24) is 24.8 Å². The first-order chi connectivity index (χ1) is 10.3. The van der Waals surface area contributed by atoms with Gasteiger partial charge in [-0.2, -0.15) is 0 Å². The van der Waals surface area contributed by atoms with E-state index in [1.54, 1.807) is 6.20 Å². The molecule has 0 saturated carbocycles. The summed E-state index contributed by atoms with van der Waals surface area (Å²) < 4.78 is 0. The molecule has 6 nitrogen and oxygen atoms in total. The first-order valence-electron chi connectivity index (χ1n) is 7.40. The van der Waals surface area contributed by atoms with E-state index in [1.807, 2.05) is 17.2 Å². The standard InChI is InChI=1S/C15H17N5O/c21-13(20-6-2-1-3-7-20)8-12-18-11-9-17-15-10(4-5-16-15)14(11)19-12/h4-5,9H,1-3,6-8H2,(H,16,17)(H,18,19). The lowest BCUT2D eigenvalue weighted by molar-refractivity contribution is -0.131. The van der Waals surface area contributed by atoms with Crippen molar-refractivity contribution in [3.05, 3.63) is 24.3 Å². The third kappa shape index (κ3) is 2.16. The van der Waals surface area contributed by atoms with E-state index in [2.05, 4.69) is 19.9 Å². The molecule has 4 heterocycles. The molecule has 0 bridgehead atoms. The first-order valence-corrected chi connectivity index (χ1v) is 7.40. The van der Waals surface area contributed by atoms with Crippen molar-refractivity contribution in [2.24, 2.45) is 0 Å². The van der Waals surface area contributed by atoms with E-state index in [1.165, 1.54) is 6.42 Å². The zero-order valence-corrected chi connectivity index (χ0v) is 11.7. The van der Waals surface area contributed by atoms with Gasteiger partial charge in [-0.15, -0.1) is 0 Å². The average molecular weight is 283 g/mol. The molecule has 0 atom stereocenters. The van der Waals surface area contributed by atoms with Gasteiger partial charge in [-0.3, -0.25) is 4.79 Å². The molecule has 0 aromatic carbocycles. The average Bonchev–Trinajstić information content (AvgIpc) is 3.12. The van der Waals surface area contributed by atoms with Crippen LogP contribution in [0.15, 0.2) is 18.5 Å². The molecule has 1 saturated heterocycles. The minimum absolute atomic E-state index is 0.159. The van der Waals surface area contributed by atoms with Gasteiger partial charge in [0.15, 0.2) is 0 Å². The van der Waals surface area contributed by atoms with Crippen molar-refractivity contribution in [1.29, 1.82) is 0 Å². The highest BCUT2D eigenvalue weighted by Gasteiger charge is 2.18. The number of hydrogen-bond acceptors (Lipinski definition) is 3. The summed E-state index contributed by atoms with van der Waals surface area (Å²) in [4.78, 5) is 29.4. The molecular formula is C15H17N5O. The number of piperidine rings is 1. The van der Waals surface area contributed by atoms with Crippen molar-refractivity contribution >= 4 is 28.0 Å². The normalized spacial score (nSPS) is 15.9. The maximum atomic E-state index is 12.3. The third-order valence-electron chi connectivity index (χ3n) is 4.12. The maximum absolute atomic E-state index is 12.3. The van der Waals surface area contributed by atoms with Crippen LogP contribution < -0.4 is 0 Å². The summed E-state index contributed by atoms with van der Waals surface area (Å²) in [5.41, 5.74) is 2.59. The number of carbonyl (C=O) groups is 1. The Labute approximate surface area is 121 Å². The number of pyridine rings is 1. The number of aromatic amines is 2. The van der Waals surface area contributed by atoms with Gasteiger partial charge in [-0.25, -0.2) is 9.97 Å². The molecule has 0 unspecified atom stereocenters. The quantitative estimate of drug-likeness (QED) is 0.755. The van der Waals surface area contributed by atoms with Crippen LogP contribution in [-0.4, -0.2) is 43.8 Å². The second-order valence-corrected chi connectivity index (χ2v) is 5.56. The molecule has 1 fully saturated rings. The Bertz CT molecular complexity index is 797. The molecule has 108 valence electrons. The summed E-state index contributed by atoms with van der Waals surface area (Å²) in [6.45, 7) is 1.76. The van der Waals surface area contributed by atoms with Crippen LogP contribution in [0.2, 0.25) is 0 Å². The molecule has 21 heavy (non-hydrogen) atoms. The molecule has 0 aliphatic carbocycles. The SMILES string of the molecule is O=C(Cc1nc2cnc3[nH]ccc3c2[nH]1)N1CCCCC1. The van der Waals surface area contributed by atoms with Gasteiger partial charge in [0.1, 0.15) is 17.0 Å². The zero-order valence-electron chi connectivity index (χ0n) is 11.7. The van der Waals surface area contributed by atoms with E-state index in [0.29, 0.717) is 6.42 Å². The topological polar surface area (TPSA) is 77.7 Å². The molecule has 0 spiro atoms. The predicted molar refractivity (Wildman–Crippen MR) is 79.9 cm³/mol. The molecule has 1 aliphatic heterocycles. The van der Waals surface area contributed by atoms with Gasteiger partial charge in [0.2, 0.25) is 5.91 Å². The van der Waals surface area contributed by atoms with Crippen molar-refractivity contribution in [3.63, 3.8) is 0 Å². The zero-order chi connectivity index (χ0) is 14.2. The van der Waals surface area contributed by atoms with Crippen molar-refractivity contribution in [2.45, 2.75) is 25.7 Å². The Morgan fingerprint density at radius 1 is 1.29 bits per heavy atom. The molecule has 0 radical (unpaired) electrons. The van der Waals surface area contributed by atoms with E-state index in [9.17, 15) is 4.79 Å². The molecular weight excluding hydrogens is 266 g/mol. The molecule has 6 heteroatoms. The summed E-state index contributed by atoms with van der Waals surface area (Å²) in [5, 5.41) is 1.01. The van der Waals surface area contributed by atoms with Crippen molar-refractivity contribution < 1.29 is 4.79 Å². The van der Waals surface area contributed by atoms with Crippen LogP contribution in [0.1, 0.15) is 25.1 Å². The second kappa shape index (κ2) is 4.87. The number of imidazole rings is 1. The summed E-state index contributed by atoms with van der Waals surface area (Å²) in [6.07, 6.45) is 7.38. The smallest absolute Gasteiger partial charge is 0.230 e. The number of fused-ring (bicyclic) bond motifs is 3. The summed E-state index contributed by atoms with van der Waals surface area (Å²) in [5.74, 6) is 0.878. The highest BCUT2D eigenvalue weighted by molar-refractivity contribution is 6.00. The fourth-order valence-corrected chi connectivity index (χ4v) is 3.01. The van der Waals surface area contributed by atoms with Crippen LogP contribution in [0.5, 0.6) is 0 Å². The summed E-state index contributed by atoms with van der Waals surface area (Å²) in [6, 6.07) is 1.97. The Balaban J connectivity index is 1.62. The number of rotatable bonds is 2. The van der Waals surface area contributed by atoms with Gasteiger partial charge < -0.3 is 14.9 Å². The van der Waals surface area contributed by atoms with Crippen molar-refractivity contribution in [3.8, 4) is 0 Å². The van der Waals surface area contributed by atoms with Crippen LogP contribution >= 0.6 is 0 Å². The van der Waals surface area contributed by atoms with Crippen LogP contribution in [0.3, 0.4) is 0 Å². The Morgan fingerprint density at radius 2 is 2.14 bits per heavy atom. The highest BCUT2D eigenvalue weighted by Crippen LogP contribution is 2.21. The van der Waals surface area contributed by atoms with Gasteiger partial charge in [0.05, 0.1) is 18.1 Å². The van der Waals surface area contributed by atoms with Gasteiger partial charge in [0.25, 0.3) is 0 Å². The minimum atomic E-state index is 0.159. The molecule has 1 amide bonds. The third-order valence-corrected chi connectivity index (χ3v) is 4.12. The lowest BCUT2D eigenvalue weighted by Crippen LogP contribution is -2.36. The fourth-order valence-electron chi connectivity index (χ4n) is 3.01. The van der Waals surface area contributed by atoms with Crippen molar-refractivity contribution in [2.75, 3.05) is 13.1 Å². The predicted octanol–water partition coefficient (Wildman–Crippen LogP) is 1.99. The van der Waals surface area contributed by atoms with E-state index < -0.39 is 0 Å². The Kier molecular flexibility index (Phi) is 2.87. The van der Waals surface area contributed by atoms with Gasteiger partial charge >= 0.3 is 0 Å². The highest BCUT2D eigenvalue weighted by atomic mass is 16.2. The number of H-pyrrole nitrogens is 2. The second-order valence-electron chi connectivity index (χ2n) is 5.56. The first kappa shape index (κ1) is 12.4. The molecule has 2 N–H and O–H groups in total. The summed E-state index contributed by atoms with van der Waals surface area (Å²) in [7, 11) is 0. The van der Waals surface area contributed by atoms with Gasteiger partial charge in [0, 0.05) is 24.7 Å². The van der Waals surface area contributed by atoms with Crippen LogP contribution in [0.25, 0.3) is 22.1 Å². The van der Waals surface area contributed by atoms with Gasteiger partial charge in [-0.05, 0) is 25.3 Å². The van der Waals surface area contributed by atoms with E-state index in [-0.39, 0.29) is 5.91 Å². The minimum Gasteiger partial charge on any atom is -0.346 e. The number of nitrogens with one attached hydrogen (secondary N) is 2. The number of amides is 1. The lowest BCUT2D eigenvalue weighted by atomic mass is 10.1. The van der Waals surface area contributed by atoms with Crippen LogP contribution in [-0.2, 0) is 11.2 Å². The molecule has 3 aromatic heterocycles. The molecule has 4 rings (SSSR count). The monoisotopic (exact) mass is 283 g/mol. The number of hydrogen-bond donors (Lipinski definition) is 2. The van der Waals surface area contributed by atoms with E-state index in [4.69, 9.17) is 0 Å². The van der Waals surface area contributed by atoms with Crippen LogP contribution in [0, 0.1) is 0 Å². The number of aromatic nitrogens is 4. The summed E-state index contributed by atoms with van der Waals surface area (Å²) >= 11 is 0. The lowest BCUT2D eigenvalue weighted by Gasteiger charge is -2.26. The molecule has 3 aromatic rings. The van der Waals surface area contributed by atoms with E-state index >= 15 is 0 Å². The Morgan fingerprint density at radius 3 is 3.00 bits per heavy atom. The van der Waals surface area contributed by atoms with E-state index in [0.717, 1.165) is 53.8 Å². The Hall–Kier alpha value is -2.37. The fraction of sp³-hybridized carbons (Fsp3) is 0.400. The van der Waals surface area contributed by atoms with Crippen LogP contribution in [0.4, 0.5) is 0 Å². The largest absolute Gasteiger partial charge is 0.346 e. The number of carbonyl (C=O) groups excluding carboxylic acids is 1.